The third-order valence-electron chi connectivity index (χ3n) is 6.66. The van der Waals surface area contributed by atoms with Crippen molar-refractivity contribution in [3.8, 4) is 0 Å². The highest BCUT2D eigenvalue weighted by molar-refractivity contribution is 5.80. The highest BCUT2D eigenvalue weighted by Crippen LogP contribution is 2.56. The van der Waals surface area contributed by atoms with Gasteiger partial charge in [-0.3, -0.25) is 9.59 Å². The Bertz CT molecular complexity index is 433. The molecule has 4 bridgehead atoms. The molecule has 0 heterocycles. The van der Waals surface area contributed by atoms with Crippen LogP contribution in [0.15, 0.2) is 0 Å². The smallest absolute Gasteiger partial charge is 0.306 e. The lowest BCUT2D eigenvalue weighted by Crippen LogP contribution is -2.52. The topological polar surface area (TPSA) is 66.4 Å². The Hall–Kier alpha value is -1.06. The van der Waals surface area contributed by atoms with Gasteiger partial charge in [0.2, 0.25) is 5.91 Å². The lowest BCUT2D eigenvalue weighted by molar-refractivity contribution is -0.142. The summed E-state index contributed by atoms with van der Waals surface area (Å²) in [5.41, 5.74) is 0. The molecule has 2 atom stereocenters. The van der Waals surface area contributed by atoms with Crippen molar-refractivity contribution in [3.63, 3.8) is 0 Å². The molecular formula is C17H25NO3. The highest BCUT2D eigenvalue weighted by atomic mass is 16.4. The van der Waals surface area contributed by atoms with Crippen molar-refractivity contribution in [1.29, 1.82) is 0 Å². The van der Waals surface area contributed by atoms with Crippen LogP contribution in [0.25, 0.3) is 0 Å². The highest BCUT2D eigenvalue weighted by Gasteiger charge is 2.51. The largest absolute Gasteiger partial charge is 0.481 e. The van der Waals surface area contributed by atoms with Gasteiger partial charge in [-0.25, -0.2) is 0 Å². The molecule has 0 unspecified atom stereocenters. The number of carbonyl (C=O) groups excluding carboxylic acids is 1. The van der Waals surface area contributed by atoms with Gasteiger partial charge in [0.15, 0.2) is 0 Å². The van der Waals surface area contributed by atoms with Crippen LogP contribution in [-0.4, -0.2) is 23.0 Å². The monoisotopic (exact) mass is 291 g/mol. The molecule has 5 saturated carbocycles. The molecule has 5 aliphatic rings. The lowest BCUT2D eigenvalue weighted by Gasteiger charge is -2.53. The Kier molecular flexibility index (Phi) is 3.23. The van der Waals surface area contributed by atoms with Gasteiger partial charge in [-0.2, -0.15) is 0 Å². The molecule has 0 aliphatic heterocycles. The molecule has 0 aromatic rings. The van der Waals surface area contributed by atoms with Gasteiger partial charge in [-0.05, 0) is 75.0 Å². The summed E-state index contributed by atoms with van der Waals surface area (Å²) in [6, 6.07) is 0.0933. The molecule has 4 heteroatoms. The minimum atomic E-state index is -0.707. The van der Waals surface area contributed by atoms with Crippen LogP contribution in [0.5, 0.6) is 0 Å². The molecule has 0 saturated heterocycles. The number of hydrogen-bond donors (Lipinski definition) is 2. The van der Waals surface area contributed by atoms with Gasteiger partial charge in [0.1, 0.15) is 0 Å². The minimum Gasteiger partial charge on any atom is -0.481 e. The van der Waals surface area contributed by atoms with Crippen molar-refractivity contribution >= 4 is 11.9 Å². The van der Waals surface area contributed by atoms with E-state index in [1.165, 1.54) is 32.1 Å². The average molecular weight is 291 g/mol. The molecule has 5 fully saturated rings. The Labute approximate surface area is 125 Å². The van der Waals surface area contributed by atoms with Gasteiger partial charge in [0.25, 0.3) is 0 Å². The van der Waals surface area contributed by atoms with Crippen LogP contribution < -0.4 is 5.32 Å². The Morgan fingerprint density at radius 2 is 1.48 bits per heavy atom. The SMILES string of the molecule is O=C(N[C@@H]1CC[C@H](C(=O)O)C1)C1C2CC3CC(C2)CC1C3. The Balaban J connectivity index is 1.39. The van der Waals surface area contributed by atoms with Crippen molar-refractivity contribution in [3.05, 3.63) is 0 Å². The average Bonchev–Trinajstić information content (AvgIpc) is 2.86. The molecule has 0 radical (unpaired) electrons. The van der Waals surface area contributed by atoms with Crippen LogP contribution in [-0.2, 0) is 9.59 Å². The zero-order chi connectivity index (χ0) is 14.6. The molecule has 5 aliphatic carbocycles. The van der Waals surface area contributed by atoms with Crippen LogP contribution in [0.2, 0.25) is 0 Å². The van der Waals surface area contributed by atoms with E-state index >= 15 is 0 Å². The van der Waals surface area contributed by atoms with Crippen LogP contribution in [0.1, 0.15) is 51.4 Å². The molecule has 0 spiro atoms. The van der Waals surface area contributed by atoms with Crippen LogP contribution in [0.4, 0.5) is 0 Å². The zero-order valence-electron chi connectivity index (χ0n) is 12.5. The molecular weight excluding hydrogens is 266 g/mol. The van der Waals surface area contributed by atoms with Crippen molar-refractivity contribution in [2.24, 2.45) is 35.5 Å². The summed E-state index contributed by atoms with van der Waals surface area (Å²) in [6.07, 6.45) is 8.60. The number of rotatable bonds is 3. The molecule has 5 rings (SSSR count). The number of aliphatic carboxylic acids is 1. The van der Waals surface area contributed by atoms with Crippen LogP contribution >= 0.6 is 0 Å². The van der Waals surface area contributed by atoms with E-state index in [9.17, 15) is 9.59 Å². The summed E-state index contributed by atoms with van der Waals surface area (Å²) in [4.78, 5) is 23.7. The van der Waals surface area contributed by atoms with Crippen LogP contribution in [0, 0.1) is 35.5 Å². The van der Waals surface area contributed by atoms with E-state index in [4.69, 9.17) is 5.11 Å². The van der Waals surface area contributed by atoms with Crippen molar-refractivity contribution in [2.45, 2.75) is 57.4 Å². The van der Waals surface area contributed by atoms with Gasteiger partial charge in [-0.1, -0.05) is 0 Å². The first kappa shape index (κ1) is 13.6. The predicted molar refractivity (Wildman–Crippen MR) is 77.4 cm³/mol. The maximum atomic E-state index is 12.7. The van der Waals surface area contributed by atoms with Gasteiger partial charge >= 0.3 is 5.97 Å². The van der Waals surface area contributed by atoms with Gasteiger partial charge in [0.05, 0.1) is 5.92 Å². The fourth-order valence-corrected chi connectivity index (χ4v) is 5.99. The maximum absolute atomic E-state index is 12.7. The van der Waals surface area contributed by atoms with Crippen molar-refractivity contribution in [2.75, 3.05) is 0 Å². The normalized spacial score (nSPS) is 47.5. The molecule has 4 nitrogen and oxygen atoms in total. The second-order valence-corrected chi connectivity index (χ2v) is 8.01. The Morgan fingerprint density at radius 3 is 2.00 bits per heavy atom. The van der Waals surface area contributed by atoms with Gasteiger partial charge < -0.3 is 10.4 Å². The fraction of sp³-hybridized carbons (Fsp3) is 0.882. The van der Waals surface area contributed by atoms with E-state index in [1.54, 1.807) is 0 Å². The first-order valence-electron chi connectivity index (χ1n) is 8.63. The summed E-state index contributed by atoms with van der Waals surface area (Å²) >= 11 is 0. The van der Waals surface area contributed by atoms with E-state index in [2.05, 4.69) is 5.32 Å². The van der Waals surface area contributed by atoms with Gasteiger partial charge in [0, 0.05) is 12.0 Å². The predicted octanol–water partition coefficient (Wildman–Crippen LogP) is 2.43. The first-order chi connectivity index (χ1) is 10.1. The molecule has 1 amide bonds. The summed E-state index contributed by atoms with van der Waals surface area (Å²) < 4.78 is 0. The lowest BCUT2D eigenvalue weighted by atomic mass is 9.51. The van der Waals surface area contributed by atoms with E-state index in [-0.39, 0.29) is 23.8 Å². The summed E-state index contributed by atoms with van der Waals surface area (Å²) in [5.74, 6) is 2.49. The minimum absolute atomic E-state index is 0.0933. The second kappa shape index (κ2) is 4.99. The number of carboxylic acid groups (broad SMARTS) is 1. The molecule has 0 aromatic carbocycles. The van der Waals surface area contributed by atoms with E-state index < -0.39 is 5.97 Å². The summed E-state index contributed by atoms with van der Waals surface area (Å²) in [5, 5.41) is 12.3. The Morgan fingerprint density at radius 1 is 0.857 bits per heavy atom. The third kappa shape index (κ3) is 2.36. The maximum Gasteiger partial charge on any atom is 0.306 e. The van der Waals surface area contributed by atoms with E-state index in [1.807, 2.05) is 0 Å². The molecule has 116 valence electrons. The van der Waals surface area contributed by atoms with Crippen molar-refractivity contribution < 1.29 is 14.7 Å². The summed E-state index contributed by atoms with van der Waals surface area (Å²) in [6.45, 7) is 0. The summed E-state index contributed by atoms with van der Waals surface area (Å²) in [7, 11) is 0. The standard InChI is InChI=1S/C17H25NO3/c19-16(18-14-2-1-11(8-14)17(20)21)15-12-4-9-3-10(6-12)7-13(15)5-9/h9-15H,1-8H2,(H,18,19)(H,20,21)/t9?,10?,11-,12?,13?,14+,15?/m0/s1. The number of nitrogens with one attached hydrogen (secondary N) is 1. The molecule has 0 aromatic heterocycles. The van der Waals surface area contributed by atoms with Crippen molar-refractivity contribution in [1.82, 2.24) is 5.32 Å². The van der Waals surface area contributed by atoms with E-state index in [0.29, 0.717) is 24.7 Å². The fourth-order valence-electron chi connectivity index (χ4n) is 5.99. The third-order valence-corrected chi connectivity index (χ3v) is 6.66. The van der Waals surface area contributed by atoms with Crippen LogP contribution in [0.3, 0.4) is 0 Å². The first-order valence-corrected chi connectivity index (χ1v) is 8.63. The number of carboxylic acids is 1. The number of carbonyl (C=O) groups is 2. The zero-order valence-corrected chi connectivity index (χ0v) is 12.5. The van der Waals surface area contributed by atoms with Gasteiger partial charge in [-0.15, -0.1) is 0 Å². The molecule has 21 heavy (non-hydrogen) atoms. The number of hydrogen-bond acceptors (Lipinski definition) is 2. The van der Waals surface area contributed by atoms with E-state index in [0.717, 1.165) is 18.3 Å². The second-order valence-electron chi connectivity index (χ2n) is 8.01. The molecule has 2 N–H and O–H groups in total. The quantitative estimate of drug-likeness (QED) is 0.839. The number of amides is 1.